The van der Waals surface area contributed by atoms with Gasteiger partial charge in [0, 0.05) is 19.1 Å². The minimum absolute atomic E-state index is 0.0247. The van der Waals surface area contributed by atoms with Crippen molar-refractivity contribution < 1.29 is 34.1 Å². The monoisotopic (exact) mass is 666 g/mol. The van der Waals surface area contributed by atoms with E-state index in [1.165, 1.54) is 0 Å². The molecular formula is C37H54N4O7. The van der Waals surface area contributed by atoms with Gasteiger partial charge in [0.1, 0.15) is 13.2 Å². The van der Waals surface area contributed by atoms with Gasteiger partial charge < -0.3 is 39.7 Å². The van der Waals surface area contributed by atoms with Gasteiger partial charge in [0.05, 0.1) is 36.9 Å². The van der Waals surface area contributed by atoms with Crippen molar-refractivity contribution in [2.45, 2.75) is 110 Å². The van der Waals surface area contributed by atoms with Gasteiger partial charge in [0.25, 0.3) is 0 Å². The Morgan fingerprint density at radius 2 is 1.21 bits per heavy atom. The van der Waals surface area contributed by atoms with Crippen molar-refractivity contribution in [2.75, 3.05) is 19.6 Å². The Hall–Kier alpha value is -3.83. The van der Waals surface area contributed by atoms with E-state index in [0.29, 0.717) is 32.0 Å². The summed E-state index contributed by atoms with van der Waals surface area (Å²) < 4.78 is 10.7. The van der Waals surface area contributed by atoms with E-state index in [9.17, 15) is 24.6 Å². The van der Waals surface area contributed by atoms with Crippen LogP contribution in [0.3, 0.4) is 0 Å². The Morgan fingerprint density at radius 3 is 1.73 bits per heavy atom. The number of hydrogen-bond donors (Lipinski definition) is 3. The number of benzene rings is 2. The van der Waals surface area contributed by atoms with Crippen LogP contribution in [-0.4, -0.2) is 99.1 Å². The quantitative estimate of drug-likeness (QED) is 0.390. The predicted octanol–water partition coefficient (Wildman–Crippen LogP) is 5.39. The molecule has 3 heterocycles. The summed E-state index contributed by atoms with van der Waals surface area (Å²) in [7, 11) is 0. The average Bonchev–Trinajstić information content (AvgIpc) is 3.83. The van der Waals surface area contributed by atoms with E-state index in [4.69, 9.17) is 9.47 Å². The molecule has 11 nitrogen and oxygen atoms in total. The third-order valence-electron chi connectivity index (χ3n) is 8.96. The Labute approximate surface area is 285 Å². The number of carbonyl (C=O) groups is 3. The van der Waals surface area contributed by atoms with Gasteiger partial charge in [0.15, 0.2) is 0 Å². The zero-order valence-corrected chi connectivity index (χ0v) is 29.0. The van der Waals surface area contributed by atoms with Gasteiger partial charge in [-0.3, -0.25) is 0 Å². The summed E-state index contributed by atoms with van der Waals surface area (Å²) in [6.45, 7) is 12.2. The lowest BCUT2D eigenvalue weighted by Gasteiger charge is -2.26. The molecule has 1 aliphatic carbocycles. The molecule has 0 spiro atoms. The molecule has 0 radical (unpaired) electrons. The highest BCUT2D eigenvalue weighted by atomic mass is 16.6. The van der Waals surface area contributed by atoms with Crippen LogP contribution >= 0.6 is 0 Å². The highest BCUT2D eigenvalue weighted by Gasteiger charge is 2.52. The van der Waals surface area contributed by atoms with Crippen LogP contribution in [0.1, 0.15) is 71.4 Å². The second-order valence-electron chi connectivity index (χ2n) is 14.1. The van der Waals surface area contributed by atoms with Crippen LogP contribution in [0.2, 0.25) is 0 Å². The predicted molar refractivity (Wildman–Crippen MR) is 183 cm³/mol. The Kier molecular flexibility index (Phi) is 13.5. The number of β-amino-alcohol motifs (C(OH)–C–C–N with tert-alkyl or cyclic N) is 1. The molecule has 0 aromatic heterocycles. The zero-order chi connectivity index (χ0) is 34.8. The van der Waals surface area contributed by atoms with Crippen molar-refractivity contribution in [3.05, 3.63) is 71.8 Å². The number of aliphatic hydroxyl groups excluding tert-OH is 2. The number of rotatable bonds is 5. The SMILES string of the molecule is CC(C)C.CC(C)NC(=O)N1C[C@H](O)[C@@H]2[C@H]1CCN2C(=O)OCc1ccccc1.O=C(OCc1ccccc1)N1CC[C@H]2CC[C@H](O)[C@H]21. The molecule has 3 N–H and O–H groups in total. The Morgan fingerprint density at radius 1 is 0.708 bits per heavy atom. The van der Waals surface area contributed by atoms with E-state index >= 15 is 0 Å². The molecule has 4 amide bonds. The fourth-order valence-corrected chi connectivity index (χ4v) is 6.91. The lowest BCUT2D eigenvalue weighted by molar-refractivity contribution is 0.0541. The normalized spacial score (nSPS) is 25.5. The van der Waals surface area contributed by atoms with Gasteiger partial charge in [0.2, 0.25) is 0 Å². The van der Waals surface area contributed by atoms with Crippen molar-refractivity contribution in [3.8, 4) is 0 Å². The van der Waals surface area contributed by atoms with Crippen molar-refractivity contribution in [1.29, 1.82) is 0 Å². The molecule has 264 valence electrons. The first-order valence-corrected chi connectivity index (χ1v) is 17.3. The fourth-order valence-electron chi connectivity index (χ4n) is 6.91. The minimum Gasteiger partial charge on any atom is -0.445 e. The summed E-state index contributed by atoms with van der Waals surface area (Å²) in [5.41, 5.74) is 1.90. The van der Waals surface area contributed by atoms with Crippen molar-refractivity contribution >= 4 is 18.2 Å². The number of nitrogens with zero attached hydrogens (tertiary/aromatic N) is 3. The lowest BCUT2D eigenvalue weighted by Crippen LogP contribution is -2.47. The van der Waals surface area contributed by atoms with Gasteiger partial charge in [-0.05, 0) is 62.5 Å². The molecule has 4 aliphatic rings. The van der Waals surface area contributed by atoms with Gasteiger partial charge in [-0.25, -0.2) is 14.4 Å². The van der Waals surface area contributed by atoms with Crippen LogP contribution in [0.15, 0.2) is 60.7 Å². The maximum absolute atomic E-state index is 12.4. The summed E-state index contributed by atoms with van der Waals surface area (Å²) in [6, 6.07) is 18.4. The number of urea groups is 1. The molecule has 11 heteroatoms. The van der Waals surface area contributed by atoms with E-state index in [0.717, 1.165) is 36.3 Å². The Bertz CT molecular complexity index is 1310. The second kappa shape index (κ2) is 17.5. The first-order chi connectivity index (χ1) is 23.0. The zero-order valence-electron chi connectivity index (χ0n) is 29.0. The highest BCUT2D eigenvalue weighted by molar-refractivity contribution is 5.76. The molecule has 48 heavy (non-hydrogen) atoms. The number of carbonyl (C=O) groups excluding carboxylic acids is 3. The first kappa shape index (κ1) is 37.0. The van der Waals surface area contributed by atoms with Crippen molar-refractivity contribution in [1.82, 2.24) is 20.0 Å². The van der Waals surface area contributed by atoms with Crippen LogP contribution < -0.4 is 5.32 Å². The first-order valence-electron chi connectivity index (χ1n) is 17.3. The van der Waals surface area contributed by atoms with Crippen LogP contribution in [0.4, 0.5) is 14.4 Å². The summed E-state index contributed by atoms with van der Waals surface area (Å²) >= 11 is 0. The molecule has 4 fully saturated rings. The minimum atomic E-state index is -0.755. The molecule has 6 rings (SSSR count). The summed E-state index contributed by atoms with van der Waals surface area (Å²) in [5.74, 6) is 1.29. The number of ether oxygens (including phenoxy) is 2. The molecular weight excluding hydrogens is 612 g/mol. The van der Waals surface area contributed by atoms with E-state index in [2.05, 4.69) is 26.1 Å². The number of fused-ring (bicyclic) bond motifs is 2. The van der Waals surface area contributed by atoms with E-state index < -0.39 is 18.2 Å². The molecule has 0 unspecified atom stereocenters. The highest BCUT2D eigenvalue weighted by Crippen LogP contribution is 2.38. The summed E-state index contributed by atoms with van der Waals surface area (Å²) in [6.07, 6.45) is 1.59. The van der Waals surface area contributed by atoms with Crippen LogP contribution in [-0.2, 0) is 22.7 Å². The molecule has 3 aliphatic heterocycles. The van der Waals surface area contributed by atoms with Crippen molar-refractivity contribution in [2.24, 2.45) is 11.8 Å². The average molecular weight is 667 g/mol. The summed E-state index contributed by atoms with van der Waals surface area (Å²) in [5, 5.41) is 23.2. The number of likely N-dealkylation sites (tertiary alicyclic amines) is 3. The topological polar surface area (TPSA) is 132 Å². The third-order valence-corrected chi connectivity index (χ3v) is 8.96. The number of hydrogen-bond acceptors (Lipinski definition) is 7. The molecule has 3 saturated heterocycles. The fraction of sp³-hybridized carbons (Fsp3) is 0.595. The van der Waals surface area contributed by atoms with Crippen LogP contribution in [0.5, 0.6) is 0 Å². The van der Waals surface area contributed by atoms with Crippen LogP contribution in [0, 0.1) is 11.8 Å². The van der Waals surface area contributed by atoms with E-state index in [-0.39, 0.29) is 49.5 Å². The van der Waals surface area contributed by atoms with Gasteiger partial charge in [-0.15, -0.1) is 0 Å². The van der Waals surface area contributed by atoms with Gasteiger partial charge in [-0.1, -0.05) is 81.4 Å². The third kappa shape index (κ3) is 9.85. The van der Waals surface area contributed by atoms with E-state index in [1.54, 1.807) is 14.7 Å². The number of nitrogens with one attached hydrogen (secondary N) is 1. The summed E-state index contributed by atoms with van der Waals surface area (Å²) in [4.78, 5) is 41.7. The molecule has 0 bridgehead atoms. The molecule has 2 aromatic carbocycles. The van der Waals surface area contributed by atoms with Crippen LogP contribution in [0.25, 0.3) is 0 Å². The standard InChI is InChI=1S/C18H25N3O4.C15H19NO3.C4H10/c1-12(2)19-17(23)21-10-15(22)16-14(21)8-9-20(16)18(24)25-11-13-6-4-3-5-7-13;17-13-7-6-12-8-9-16(14(12)13)15(18)19-10-11-4-2-1-3-5-11;1-4(2)3/h3-7,12,14-16,22H,8-11H2,1-2H3,(H,19,23);1-5,12-14,17H,6-10H2;4H,1-3H3/t14-,15+,16+;12-,13+,14+;/m11./s1. The second-order valence-corrected chi connectivity index (χ2v) is 14.1. The maximum atomic E-state index is 12.4. The Balaban J connectivity index is 0.000000201. The molecule has 1 saturated carbocycles. The number of amides is 4. The van der Waals surface area contributed by atoms with Crippen molar-refractivity contribution in [3.63, 3.8) is 0 Å². The van der Waals surface area contributed by atoms with E-state index in [1.807, 2.05) is 74.5 Å². The smallest absolute Gasteiger partial charge is 0.410 e. The maximum Gasteiger partial charge on any atom is 0.410 e. The largest absolute Gasteiger partial charge is 0.445 e. The van der Waals surface area contributed by atoms with Gasteiger partial charge in [-0.2, -0.15) is 0 Å². The molecule has 6 atom stereocenters. The lowest BCUT2D eigenvalue weighted by atomic mass is 10.0. The van der Waals surface area contributed by atoms with Gasteiger partial charge >= 0.3 is 18.2 Å². The molecule has 2 aromatic rings. The number of aliphatic hydroxyl groups is 2.